The normalized spacial score (nSPS) is 17.1. The maximum absolute atomic E-state index is 12.7. The fourth-order valence-corrected chi connectivity index (χ4v) is 3.87. The standard InChI is InChI=1S/C19H15BrN2O4S/c1-2-22-17(24)16(10-12-9-13(20)5-8-15(12)23)27-19(22)21-14-6-3-11(4-7-14)18(25)26/h3-10,23H,2H2,1H3,(H,25,26)/b16-10-,21-19?. The third kappa shape index (κ3) is 4.23. The SMILES string of the molecule is CCN1C(=O)/C(=C/c2cc(Br)ccc2O)SC1=Nc1ccc(C(=O)O)cc1. The van der Waals surface area contributed by atoms with Gasteiger partial charge in [0.2, 0.25) is 0 Å². The van der Waals surface area contributed by atoms with Crippen molar-refractivity contribution in [1.82, 2.24) is 4.90 Å². The second kappa shape index (κ2) is 7.98. The molecule has 1 aliphatic heterocycles. The number of amidine groups is 1. The molecule has 1 fully saturated rings. The van der Waals surface area contributed by atoms with Crippen molar-refractivity contribution in [2.24, 2.45) is 4.99 Å². The van der Waals surface area contributed by atoms with E-state index < -0.39 is 5.97 Å². The molecule has 0 aliphatic carbocycles. The first-order valence-electron chi connectivity index (χ1n) is 8.01. The first-order valence-corrected chi connectivity index (χ1v) is 9.62. The highest BCUT2D eigenvalue weighted by atomic mass is 79.9. The number of thioether (sulfide) groups is 1. The Morgan fingerprint density at radius 3 is 2.59 bits per heavy atom. The second-order valence-electron chi connectivity index (χ2n) is 5.61. The number of carbonyl (C=O) groups excluding carboxylic acids is 1. The monoisotopic (exact) mass is 446 g/mol. The van der Waals surface area contributed by atoms with E-state index in [9.17, 15) is 14.7 Å². The van der Waals surface area contributed by atoms with Crippen LogP contribution in [0.4, 0.5) is 5.69 Å². The predicted molar refractivity (Wildman–Crippen MR) is 109 cm³/mol. The molecular weight excluding hydrogens is 432 g/mol. The number of amides is 1. The van der Waals surface area contributed by atoms with Gasteiger partial charge in [-0.05, 0) is 67.2 Å². The van der Waals surface area contributed by atoms with Crippen LogP contribution >= 0.6 is 27.7 Å². The molecule has 1 heterocycles. The van der Waals surface area contributed by atoms with Crippen molar-refractivity contribution in [2.45, 2.75) is 6.92 Å². The molecule has 3 rings (SSSR count). The summed E-state index contributed by atoms with van der Waals surface area (Å²) in [5.74, 6) is -1.12. The number of aromatic hydroxyl groups is 1. The van der Waals surface area contributed by atoms with Crippen LogP contribution in [0, 0.1) is 0 Å². The molecule has 0 spiro atoms. The van der Waals surface area contributed by atoms with Crippen molar-refractivity contribution in [3.63, 3.8) is 0 Å². The van der Waals surface area contributed by atoms with Gasteiger partial charge in [-0.25, -0.2) is 9.79 Å². The molecule has 0 unspecified atom stereocenters. The number of hydrogen-bond donors (Lipinski definition) is 2. The summed E-state index contributed by atoms with van der Waals surface area (Å²) in [6.45, 7) is 2.29. The summed E-state index contributed by atoms with van der Waals surface area (Å²) in [5, 5.41) is 19.5. The summed E-state index contributed by atoms with van der Waals surface area (Å²) >= 11 is 4.56. The number of benzene rings is 2. The third-order valence-electron chi connectivity index (χ3n) is 3.82. The number of phenols is 1. The number of carbonyl (C=O) groups is 2. The van der Waals surface area contributed by atoms with Crippen molar-refractivity contribution >= 4 is 56.5 Å². The number of nitrogens with zero attached hydrogens (tertiary/aromatic N) is 2. The highest BCUT2D eigenvalue weighted by Gasteiger charge is 2.32. The summed E-state index contributed by atoms with van der Waals surface area (Å²) < 4.78 is 0.794. The Hall–Kier alpha value is -2.58. The lowest BCUT2D eigenvalue weighted by molar-refractivity contribution is -0.122. The minimum Gasteiger partial charge on any atom is -0.507 e. The maximum atomic E-state index is 12.7. The van der Waals surface area contributed by atoms with Crippen LogP contribution in [-0.4, -0.2) is 38.7 Å². The van der Waals surface area contributed by atoms with Crippen LogP contribution in [0.1, 0.15) is 22.8 Å². The summed E-state index contributed by atoms with van der Waals surface area (Å²) in [6.07, 6.45) is 1.63. The molecule has 27 heavy (non-hydrogen) atoms. The number of rotatable bonds is 4. The molecule has 2 aromatic carbocycles. The van der Waals surface area contributed by atoms with Crippen LogP contribution < -0.4 is 0 Å². The number of aliphatic imine (C=N–C) groups is 1. The fraction of sp³-hybridized carbons (Fsp3) is 0.105. The van der Waals surface area contributed by atoms with Crippen molar-refractivity contribution in [3.8, 4) is 5.75 Å². The lowest BCUT2D eigenvalue weighted by Crippen LogP contribution is -2.28. The van der Waals surface area contributed by atoms with E-state index in [0.29, 0.717) is 27.9 Å². The van der Waals surface area contributed by atoms with Crippen LogP contribution in [0.2, 0.25) is 0 Å². The van der Waals surface area contributed by atoms with Crippen molar-refractivity contribution in [2.75, 3.05) is 6.54 Å². The Morgan fingerprint density at radius 2 is 1.96 bits per heavy atom. The largest absolute Gasteiger partial charge is 0.507 e. The molecule has 8 heteroatoms. The zero-order valence-electron chi connectivity index (χ0n) is 14.2. The van der Waals surface area contributed by atoms with E-state index in [1.165, 1.54) is 28.8 Å². The number of halogens is 1. The number of carboxylic acids is 1. The molecule has 2 aromatic rings. The molecule has 1 aliphatic rings. The molecular formula is C19H15BrN2O4S. The van der Waals surface area contributed by atoms with E-state index in [-0.39, 0.29) is 17.2 Å². The molecule has 6 nitrogen and oxygen atoms in total. The predicted octanol–water partition coefficient (Wildman–Crippen LogP) is 4.48. The van der Waals surface area contributed by atoms with Gasteiger partial charge in [-0.15, -0.1) is 0 Å². The Kier molecular flexibility index (Phi) is 5.67. The van der Waals surface area contributed by atoms with Gasteiger partial charge in [-0.3, -0.25) is 9.69 Å². The molecule has 0 aromatic heterocycles. The van der Waals surface area contributed by atoms with E-state index in [2.05, 4.69) is 20.9 Å². The van der Waals surface area contributed by atoms with Gasteiger partial charge < -0.3 is 10.2 Å². The molecule has 0 saturated carbocycles. The first kappa shape index (κ1) is 19.2. The van der Waals surface area contributed by atoms with E-state index in [4.69, 9.17) is 5.11 Å². The molecule has 0 radical (unpaired) electrons. The average molecular weight is 447 g/mol. The van der Waals surface area contributed by atoms with Gasteiger partial charge in [0.1, 0.15) is 5.75 Å². The number of aromatic carboxylic acids is 1. The molecule has 1 amide bonds. The number of carboxylic acid groups (broad SMARTS) is 1. The van der Waals surface area contributed by atoms with E-state index in [1.54, 1.807) is 36.4 Å². The fourth-order valence-electron chi connectivity index (χ4n) is 2.44. The Balaban J connectivity index is 1.93. The Labute approximate surface area is 168 Å². The first-order chi connectivity index (χ1) is 12.9. The summed E-state index contributed by atoms with van der Waals surface area (Å²) in [5.41, 5.74) is 1.26. The molecule has 0 bridgehead atoms. The van der Waals surface area contributed by atoms with Gasteiger partial charge in [0.15, 0.2) is 5.17 Å². The zero-order valence-corrected chi connectivity index (χ0v) is 16.6. The quantitative estimate of drug-likeness (QED) is 0.675. The van der Waals surface area contributed by atoms with Crippen LogP contribution in [0.15, 0.2) is 56.8 Å². The van der Waals surface area contributed by atoms with Crippen LogP contribution in [0.25, 0.3) is 6.08 Å². The minimum atomic E-state index is -1.01. The van der Waals surface area contributed by atoms with E-state index >= 15 is 0 Å². The van der Waals surface area contributed by atoms with Gasteiger partial charge in [-0.2, -0.15) is 0 Å². The number of likely N-dealkylation sites (N-methyl/N-ethyl adjacent to an activating group) is 1. The van der Waals surface area contributed by atoms with Crippen LogP contribution in [0.3, 0.4) is 0 Å². The summed E-state index contributed by atoms with van der Waals surface area (Å²) in [7, 11) is 0. The molecule has 1 saturated heterocycles. The zero-order chi connectivity index (χ0) is 19.6. The van der Waals surface area contributed by atoms with E-state index in [1.807, 2.05) is 6.92 Å². The van der Waals surface area contributed by atoms with Crippen LogP contribution in [-0.2, 0) is 4.79 Å². The topological polar surface area (TPSA) is 90.2 Å². The molecule has 0 atom stereocenters. The highest BCUT2D eigenvalue weighted by molar-refractivity contribution is 9.10. The maximum Gasteiger partial charge on any atom is 0.335 e. The summed E-state index contributed by atoms with van der Waals surface area (Å²) in [4.78, 5) is 30.1. The number of phenolic OH excluding ortho intramolecular Hbond substituents is 1. The highest BCUT2D eigenvalue weighted by Crippen LogP contribution is 2.35. The van der Waals surface area contributed by atoms with Gasteiger partial charge in [0.05, 0.1) is 16.2 Å². The van der Waals surface area contributed by atoms with Gasteiger partial charge in [0, 0.05) is 16.6 Å². The minimum absolute atomic E-state index is 0.0804. The second-order valence-corrected chi connectivity index (χ2v) is 7.53. The molecule has 138 valence electrons. The van der Waals surface area contributed by atoms with Crippen molar-refractivity contribution < 1.29 is 19.8 Å². The van der Waals surface area contributed by atoms with E-state index in [0.717, 1.165) is 4.47 Å². The van der Waals surface area contributed by atoms with Crippen molar-refractivity contribution in [3.05, 3.63) is 63.0 Å². The van der Waals surface area contributed by atoms with Gasteiger partial charge in [0.25, 0.3) is 5.91 Å². The average Bonchev–Trinajstić information content (AvgIpc) is 2.93. The van der Waals surface area contributed by atoms with Crippen LogP contribution in [0.5, 0.6) is 5.75 Å². The lowest BCUT2D eigenvalue weighted by atomic mass is 10.2. The smallest absolute Gasteiger partial charge is 0.335 e. The molecule has 2 N–H and O–H groups in total. The van der Waals surface area contributed by atoms with Gasteiger partial charge in [-0.1, -0.05) is 15.9 Å². The van der Waals surface area contributed by atoms with Gasteiger partial charge >= 0.3 is 5.97 Å². The Morgan fingerprint density at radius 1 is 1.26 bits per heavy atom. The Bertz CT molecular complexity index is 970. The summed E-state index contributed by atoms with van der Waals surface area (Å²) in [6, 6.07) is 11.1. The lowest BCUT2D eigenvalue weighted by Gasteiger charge is -2.12. The third-order valence-corrected chi connectivity index (χ3v) is 5.32. The number of hydrogen-bond acceptors (Lipinski definition) is 5. The van der Waals surface area contributed by atoms with Crippen molar-refractivity contribution in [1.29, 1.82) is 0 Å².